The van der Waals surface area contributed by atoms with Gasteiger partial charge in [0, 0.05) is 6.92 Å². The van der Waals surface area contributed by atoms with E-state index in [4.69, 9.17) is 0 Å². The van der Waals surface area contributed by atoms with Gasteiger partial charge >= 0.3 is 0 Å². The Morgan fingerprint density at radius 3 is 2.82 bits per heavy atom. The third kappa shape index (κ3) is 2.57. The zero-order chi connectivity index (χ0) is 12.3. The van der Waals surface area contributed by atoms with Crippen LogP contribution < -0.4 is 5.32 Å². The smallest absolute Gasteiger partial charge is 0.217 e. The van der Waals surface area contributed by atoms with Gasteiger partial charge in [-0.25, -0.2) is 0 Å². The van der Waals surface area contributed by atoms with Gasteiger partial charge in [-0.2, -0.15) is 0 Å². The maximum Gasteiger partial charge on any atom is 0.217 e. The zero-order valence-electron chi connectivity index (χ0n) is 10.5. The van der Waals surface area contributed by atoms with Crippen LogP contribution in [0, 0.1) is 0 Å². The minimum absolute atomic E-state index is 0.0362. The van der Waals surface area contributed by atoms with Crippen LogP contribution in [-0.4, -0.2) is 5.91 Å². The summed E-state index contributed by atoms with van der Waals surface area (Å²) in [6.07, 6.45) is 5.65. The van der Waals surface area contributed by atoms with E-state index in [9.17, 15) is 4.79 Å². The first-order valence-corrected chi connectivity index (χ1v) is 6.29. The summed E-state index contributed by atoms with van der Waals surface area (Å²) < 4.78 is 0. The summed E-state index contributed by atoms with van der Waals surface area (Å²) in [4.78, 5) is 11.3. The van der Waals surface area contributed by atoms with Crippen molar-refractivity contribution in [1.82, 2.24) is 5.32 Å². The molecule has 0 aliphatic heterocycles. The van der Waals surface area contributed by atoms with Crippen molar-refractivity contribution in [3.05, 3.63) is 41.0 Å². The maximum atomic E-state index is 11.3. The zero-order valence-corrected chi connectivity index (χ0v) is 10.5. The van der Waals surface area contributed by atoms with E-state index in [0.29, 0.717) is 0 Å². The van der Waals surface area contributed by atoms with Crippen LogP contribution in [0.4, 0.5) is 0 Å². The molecule has 0 saturated heterocycles. The molecular formula is C15H19NO. The molecular weight excluding hydrogens is 210 g/mol. The van der Waals surface area contributed by atoms with Crippen molar-refractivity contribution in [3.8, 4) is 0 Å². The summed E-state index contributed by atoms with van der Waals surface area (Å²) >= 11 is 0. The Morgan fingerprint density at radius 1 is 1.35 bits per heavy atom. The molecule has 0 spiro atoms. The monoisotopic (exact) mass is 229 g/mol. The van der Waals surface area contributed by atoms with E-state index in [2.05, 4.69) is 30.4 Å². The molecule has 1 N–H and O–H groups in total. The molecule has 1 aliphatic rings. The van der Waals surface area contributed by atoms with Crippen molar-refractivity contribution in [2.75, 3.05) is 0 Å². The molecule has 1 aliphatic carbocycles. The van der Waals surface area contributed by atoms with Crippen molar-refractivity contribution in [2.45, 2.75) is 39.2 Å². The average molecular weight is 229 g/mol. The molecule has 0 bridgehead atoms. The second-order valence-electron chi connectivity index (χ2n) is 4.59. The molecule has 1 unspecified atom stereocenters. The molecule has 1 aromatic carbocycles. The molecule has 0 saturated carbocycles. The predicted molar refractivity (Wildman–Crippen MR) is 70.5 cm³/mol. The molecule has 1 atom stereocenters. The highest BCUT2D eigenvalue weighted by Gasteiger charge is 2.24. The van der Waals surface area contributed by atoms with E-state index in [0.717, 1.165) is 6.42 Å². The fraction of sp³-hybridized carbons (Fsp3) is 0.400. The van der Waals surface area contributed by atoms with E-state index in [1.807, 2.05) is 12.1 Å². The number of carbonyl (C=O) groups is 1. The number of benzene rings is 1. The van der Waals surface area contributed by atoms with Crippen molar-refractivity contribution >= 4 is 12.0 Å². The van der Waals surface area contributed by atoms with E-state index in [1.165, 1.54) is 29.5 Å². The Balaban J connectivity index is 2.24. The molecule has 0 fully saturated rings. The number of unbranched alkanes of at least 4 members (excludes halogenated alkanes) is 1. The van der Waals surface area contributed by atoms with Gasteiger partial charge in [0.1, 0.15) is 0 Å². The van der Waals surface area contributed by atoms with Gasteiger partial charge < -0.3 is 5.32 Å². The molecule has 0 radical (unpaired) electrons. The van der Waals surface area contributed by atoms with Crippen LogP contribution in [0.25, 0.3) is 6.08 Å². The second kappa shape index (κ2) is 5.17. The predicted octanol–water partition coefficient (Wildman–Crippen LogP) is 3.45. The summed E-state index contributed by atoms with van der Waals surface area (Å²) in [6, 6.07) is 8.39. The van der Waals surface area contributed by atoms with E-state index < -0.39 is 0 Å². The highest BCUT2D eigenvalue weighted by molar-refractivity contribution is 5.76. The van der Waals surface area contributed by atoms with Crippen molar-refractivity contribution in [3.63, 3.8) is 0 Å². The highest BCUT2D eigenvalue weighted by atomic mass is 16.1. The molecule has 90 valence electrons. The molecule has 2 rings (SSSR count). The fourth-order valence-electron chi connectivity index (χ4n) is 2.36. The van der Waals surface area contributed by atoms with Gasteiger partial charge in [0.25, 0.3) is 0 Å². The standard InChI is InChI=1S/C15H19NO/c1-3-4-7-13-10-12-8-5-6-9-14(12)15(13)16-11(2)17/h5-6,8-10,15H,3-4,7H2,1-2H3,(H,16,17). The Morgan fingerprint density at radius 2 is 2.12 bits per heavy atom. The Hall–Kier alpha value is -1.57. The van der Waals surface area contributed by atoms with Gasteiger partial charge in [0.05, 0.1) is 6.04 Å². The van der Waals surface area contributed by atoms with E-state index in [1.54, 1.807) is 6.92 Å². The van der Waals surface area contributed by atoms with Gasteiger partial charge in [-0.15, -0.1) is 0 Å². The lowest BCUT2D eigenvalue weighted by molar-refractivity contribution is -0.119. The summed E-state index contributed by atoms with van der Waals surface area (Å²) in [5, 5.41) is 3.05. The Labute approximate surface area is 103 Å². The summed E-state index contributed by atoms with van der Waals surface area (Å²) in [5.41, 5.74) is 3.81. The molecule has 1 aromatic rings. The van der Waals surface area contributed by atoms with Gasteiger partial charge in [0.2, 0.25) is 5.91 Å². The average Bonchev–Trinajstić information content (AvgIpc) is 2.64. The van der Waals surface area contributed by atoms with Crippen molar-refractivity contribution in [2.24, 2.45) is 0 Å². The van der Waals surface area contributed by atoms with Crippen LogP contribution in [0.2, 0.25) is 0 Å². The number of hydrogen-bond acceptors (Lipinski definition) is 1. The third-order valence-electron chi connectivity index (χ3n) is 3.19. The SMILES string of the molecule is CCCCC1=Cc2ccccc2C1NC(C)=O. The topological polar surface area (TPSA) is 29.1 Å². The van der Waals surface area contributed by atoms with Crippen LogP contribution in [-0.2, 0) is 4.79 Å². The highest BCUT2D eigenvalue weighted by Crippen LogP contribution is 2.36. The lowest BCUT2D eigenvalue weighted by atomic mass is 10.00. The molecule has 17 heavy (non-hydrogen) atoms. The van der Waals surface area contributed by atoms with Crippen LogP contribution in [0.5, 0.6) is 0 Å². The number of rotatable bonds is 4. The number of amides is 1. The fourth-order valence-corrected chi connectivity index (χ4v) is 2.36. The van der Waals surface area contributed by atoms with Gasteiger partial charge in [-0.05, 0) is 29.5 Å². The van der Waals surface area contributed by atoms with Crippen LogP contribution in [0.3, 0.4) is 0 Å². The second-order valence-corrected chi connectivity index (χ2v) is 4.59. The molecule has 2 heteroatoms. The van der Waals surface area contributed by atoms with Gasteiger partial charge in [-0.1, -0.05) is 43.7 Å². The molecule has 0 heterocycles. The maximum absolute atomic E-state index is 11.3. The van der Waals surface area contributed by atoms with Crippen LogP contribution in [0.15, 0.2) is 29.8 Å². The number of hydrogen-bond donors (Lipinski definition) is 1. The van der Waals surface area contributed by atoms with Crippen LogP contribution >= 0.6 is 0 Å². The lowest BCUT2D eigenvalue weighted by Gasteiger charge is -2.17. The number of fused-ring (bicyclic) bond motifs is 1. The molecule has 0 aromatic heterocycles. The Kier molecular flexibility index (Phi) is 3.62. The number of nitrogens with one attached hydrogen (secondary N) is 1. The van der Waals surface area contributed by atoms with Gasteiger partial charge in [0.15, 0.2) is 0 Å². The first-order chi connectivity index (χ1) is 8.22. The van der Waals surface area contributed by atoms with E-state index in [-0.39, 0.29) is 11.9 Å². The van der Waals surface area contributed by atoms with Gasteiger partial charge in [-0.3, -0.25) is 4.79 Å². The first kappa shape index (κ1) is 11.9. The molecule has 1 amide bonds. The largest absolute Gasteiger partial charge is 0.346 e. The summed E-state index contributed by atoms with van der Waals surface area (Å²) in [7, 11) is 0. The summed E-state index contributed by atoms with van der Waals surface area (Å²) in [5.74, 6) is 0.0362. The number of carbonyl (C=O) groups excluding carboxylic acids is 1. The molecule has 2 nitrogen and oxygen atoms in total. The summed E-state index contributed by atoms with van der Waals surface area (Å²) in [6.45, 7) is 3.77. The van der Waals surface area contributed by atoms with Crippen LogP contribution in [0.1, 0.15) is 50.3 Å². The normalized spacial score (nSPS) is 17.5. The quantitative estimate of drug-likeness (QED) is 0.841. The minimum Gasteiger partial charge on any atom is -0.346 e. The van der Waals surface area contributed by atoms with E-state index >= 15 is 0 Å². The first-order valence-electron chi connectivity index (χ1n) is 6.29. The minimum atomic E-state index is 0.0362. The lowest BCUT2D eigenvalue weighted by Crippen LogP contribution is -2.26. The van der Waals surface area contributed by atoms with Crippen molar-refractivity contribution in [1.29, 1.82) is 0 Å². The third-order valence-corrected chi connectivity index (χ3v) is 3.19. The van der Waals surface area contributed by atoms with Crippen molar-refractivity contribution < 1.29 is 4.79 Å². The Bertz CT molecular complexity index is 448.